The van der Waals surface area contributed by atoms with Crippen molar-refractivity contribution in [3.8, 4) is 11.5 Å². The molecule has 0 N–H and O–H groups in total. The minimum atomic E-state index is -0.206. The largest absolute Gasteiger partial charge is 0.497 e. The molecule has 0 bridgehead atoms. The van der Waals surface area contributed by atoms with E-state index in [9.17, 15) is 4.39 Å². The van der Waals surface area contributed by atoms with Crippen molar-refractivity contribution >= 4 is 0 Å². The van der Waals surface area contributed by atoms with Gasteiger partial charge in [0.1, 0.15) is 17.3 Å². The Balaban J connectivity index is 1.86. The molecule has 0 aliphatic rings. The number of halogens is 1. The fourth-order valence-electron chi connectivity index (χ4n) is 1.79. The van der Waals surface area contributed by atoms with Gasteiger partial charge < -0.3 is 9.47 Å². The normalized spacial score (nSPS) is 10.3. The van der Waals surface area contributed by atoms with Crippen LogP contribution in [-0.2, 0) is 6.42 Å². The first-order valence-electron chi connectivity index (χ1n) is 6.21. The van der Waals surface area contributed by atoms with E-state index in [1.165, 1.54) is 11.6 Å². The number of aryl methyl sites for hydroxylation is 1. The maximum Gasteiger partial charge on any atom is 0.126 e. The molecule has 0 atom stereocenters. The molecule has 3 heteroatoms. The summed E-state index contributed by atoms with van der Waals surface area (Å²) in [5.41, 5.74) is 1.78. The SMILES string of the molecule is COc1ccc(CCOc2ccc(F)c(C)c2)cc1. The van der Waals surface area contributed by atoms with Gasteiger partial charge in [-0.05, 0) is 48.4 Å². The second-order valence-electron chi connectivity index (χ2n) is 4.36. The molecule has 0 radical (unpaired) electrons. The Hall–Kier alpha value is -2.03. The summed E-state index contributed by atoms with van der Waals surface area (Å²) in [6.45, 7) is 2.29. The van der Waals surface area contributed by atoms with E-state index in [0.717, 1.165) is 12.2 Å². The molecule has 2 rings (SSSR count). The average molecular weight is 260 g/mol. The van der Waals surface area contributed by atoms with Gasteiger partial charge in [0, 0.05) is 6.42 Å². The molecular formula is C16H17FO2. The highest BCUT2D eigenvalue weighted by atomic mass is 19.1. The molecule has 0 amide bonds. The maximum atomic E-state index is 13.1. The van der Waals surface area contributed by atoms with Gasteiger partial charge in [0.2, 0.25) is 0 Å². The van der Waals surface area contributed by atoms with Crippen molar-refractivity contribution in [2.75, 3.05) is 13.7 Å². The summed E-state index contributed by atoms with van der Waals surface area (Å²) in [4.78, 5) is 0. The summed E-state index contributed by atoms with van der Waals surface area (Å²) in [5.74, 6) is 1.34. The summed E-state index contributed by atoms with van der Waals surface area (Å²) in [7, 11) is 1.65. The van der Waals surface area contributed by atoms with Crippen LogP contribution in [0.5, 0.6) is 11.5 Å². The van der Waals surface area contributed by atoms with E-state index in [-0.39, 0.29) is 5.82 Å². The Morgan fingerprint density at radius 3 is 2.32 bits per heavy atom. The Bertz CT molecular complexity index is 535. The minimum absolute atomic E-state index is 0.206. The zero-order valence-electron chi connectivity index (χ0n) is 11.2. The van der Waals surface area contributed by atoms with Gasteiger partial charge in [0.25, 0.3) is 0 Å². The predicted molar refractivity (Wildman–Crippen MR) is 73.3 cm³/mol. The smallest absolute Gasteiger partial charge is 0.126 e. The van der Waals surface area contributed by atoms with Crippen LogP contribution in [0.2, 0.25) is 0 Å². The maximum absolute atomic E-state index is 13.1. The van der Waals surface area contributed by atoms with Crippen molar-refractivity contribution in [3.05, 3.63) is 59.4 Å². The Labute approximate surface area is 112 Å². The molecule has 19 heavy (non-hydrogen) atoms. The number of benzene rings is 2. The van der Waals surface area contributed by atoms with Crippen molar-refractivity contribution in [2.45, 2.75) is 13.3 Å². The molecule has 2 nitrogen and oxygen atoms in total. The quantitative estimate of drug-likeness (QED) is 0.814. The van der Waals surface area contributed by atoms with E-state index >= 15 is 0 Å². The molecule has 0 spiro atoms. The first-order chi connectivity index (χ1) is 9.19. The summed E-state index contributed by atoms with van der Waals surface area (Å²) < 4.78 is 23.8. The number of hydrogen-bond acceptors (Lipinski definition) is 2. The second kappa shape index (κ2) is 6.23. The molecule has 0 heterocycles. The molecule has 0 saturated carbocycles. The molecule has 0 saturated heterocycles. The van der Waals surface area contributed by atoms with Crippen LogP contribution in [0.3, 0.4) is 0 Å². The lowest BCUT2D eigenvalue weighted by Gasteiger charge is -2.08. The number of ether oxygens (including phenoxy) is 2. The van der Waals surface area contributed by atoms with Crippen LogP contribution in [0.4, 0.5) is 4.39 Å². The predicted octanol–water partition coefficient (Wildman–Crippen LogP) is 3.76. The number of methoxy groups -OCH3 is 1. The fourth-order valence-corrected chi connectivity index (χ4v) is 1.79. The second-order valence-corrected chi connectivity index (χ2v) is 4.36. The van der Waals surface area contributed by atoms with Crippen LogP contribution in [0, 0.1) is 12.7 Å². The lowest BCUT2D eigenvalue weighted by Crippen LogP contribution is -2.01. The fraction of sp³-hybridized carbons (Fsp3) is 0.250. The van der Waals surface area contributed by atoms with Crippen LogP contribution < -0.4 is 9.47 Å². The third kappa shape index (κ3) is 3.71. The van der Waals surface area contributed by atoms with Gasteiger partial charge in [0.05, 0.1) is 13.7 Å². The van der Waals surface area contributed by atoms with Crippen LogP contribution >= 0.6 is 0 Å². The number of rotatable bonds is 5. The first-order valence-corrected chi connectivity index (χ1v) is 6.21. The monoisotopic (exact) mass is 260 g/mol. The van der Waals surface area contributed by atoms with Gasteiger partial charge in [0.15, 0.2) is 0 Å². The van der Waals surface area contributed by atoms with Gasteiger partial charge in [-0.15, -0.1) is 0 Å². The van der Waals surface area contributed by atoms with Crippen molar-refractivity contribution in [3.63, 3.8) is 0 Å². The molecule has 0 unspecified atom stereocenters. The van der Waals surface area contributed by atoms with E-state index < -0.39 is 0 Å². The van der Waals surface area contributed by atoms with Gasteiger partial charge >= 0.3 is 0 Å². The Morgan fingerprint density at radius 1 is 1.00 bits per heavy atom. The molecular weight excluding hydrogens is 243 g/mol. The standard InChI is InChI=1S/C16H17FO2/c1-12-11-15(7-8-16(12)17)19-10-9-13-3-5-14(18-2)6-4-13/h3-8,11H,9-10H2,1-2H3. The summed E-state index contributed by atoms with van der Waals surface area (Å²) >= 11 is 0. The third-order valence-electron chi connectivity index (χ3n) is 2.95. The van der Waals surface area contributed by atoms with Crippen LogP contribution in [0.15, 0.2) is 42.5 Å². The van der Waals surface area contributed by atoms with Gasteiger partial charge in [-0.25, -0.2) is 4.39 Å². The number of hydrogen-bond donors (Lipinski definition) is 0. The summed E-state index contributed by atoms with van der Waals surface area (Å²) in [5, 5.41) is 0. The Kier molecular flexibility index (Phi) is 4.39. The molecule has 0 aliphatic carbocycles. The van der Waals surface area contributed by atoms with Crippen molar-refractivity contribution in [2.24, 2.45) is 0 Å². The summed E-state index contributed by atoms with van der Waals surface area (Å²) in [6.07, 6.45) is 0.806. The molecule has 2 aromatic rings. The van der Waals surface area contributed by atoms with Gasteiger partial charge in [-0.2, -0.15) is 0 Å². The van der Waals surface area contributed by atoms with E-state index in [2.05, 4.69) is 0 Å². The highest BCUT2D eigenvalue weighted by Gasteiger charge is 2.00. The van der Waals surface area contributed by atoms with Gasteiger partial charge in [-0.1, -0.05) is 12.1 Å². The topological polar surface area (TPSA) is 18.5 Å². The zero-order valence-corrected chi connectivity index (χ0v) is 11.2. The van der Waals surface area contributed by atoms with E-state index in [1.54, 1.807) is 26.2 Å². The van der Waals surface area contributed by atoms with Crippen LogP contribution in [0.1, 0.15) is 11.1 Å². The lowest BCUT2D eigenvalue weighted by atomic mass is 10.1. The molecule has 0 fully saturated rings. The van der Waals surface area contributed by atoms with Crippen molar-refractivity contribution in [1.82, 2.24) is 0 Å². The molecule has 0 aliphatic heterocycles. The van der Waals surface area contributed by atoms with Crippen molar-refractivity contribution < 1.29 is 13.9 Å². The van der Waals surface area contributed by atoms with E-state index in [4.69, 9.17) is 9.47 Å². The van der Waals surface area contributed by atoms with Crippen molar-refractivity contribution in [1.29, 1.82) is 0 Å². The highest BCUT2D eigenvalue weighted by Crippen LogP contribution is 2.17. The Morgan fingerprint density at radius 2 is 1.68 bits per heavy atom. The third-order valence-corrected chi connectivity index (χ3v) is 2.95. The van der Waals surface area contributed by atoms with Crippen LogP contribution in [-0.4, -0.2) is 13.7 Å². The van der Waals surface area contributed by atoms with E-state index in [0.29, 0.717) is 17.9 Å². The molecule has 100 valence electrons. The lowest BCUT2D eigenvalue weighted by molar-refractivity contribution is 0.321. The average Bonchev–Trinajstić information content (AvgIpc) is 2.43. The molecule has 2 aromatic carbocycles. The first kappa shape index (κ1) is 13.4. The van der Waals surface area contributed by atoms with Gasteiger partial charge in [-0.3, -0.25) is 0 Å². The molecule has 0 aromatic heterocycles. The zero-order chi connectivity index (χ0) is 13.7. The van der Waals surface area contributed by atoms with E-state index in [1.807, 2.05) is 24.3 Å². The summed E-state index contributed by atoms with van der Waals surface area (Å²) in [6, 6.07) is 12.7. The highest BCUT2D eigenvalue weighted by molar-refractivity contribution is 5.29. The van der Waals surface area contributed by atoms with Crippen LogP contribution in [0.25, 0.3) is 0 Å². The minimum Gasteiger partial charge on any atom is -0.497 e.